The standard InChI is InChI=1S/C17H25N3O6S2/c1-9(2)26-17(23)12-10(3)13(14(18)21)27-16(12)19-15(22)11-5-7-20(8-6-11)28(4,24)25/h9,11H,5-8H2,1-4H3,(H2,18,21)(H,19,22). The number of amides is 2. The van der Waals surface area contributed by atoms with Gasteiger partial charge >= 0.3 is 5.97 Å². The number of carbonyl (C=O) groups excluding carboxylic acids is 3. The number of rotatable bonds is 6. The fourth-order valence-corrected chi connectivity index (χ4v) is 4.94. The predicted molar refractivity (Wildman–Crippen MR) is 106 cm³/mol. The molecule has 0 unspecified atom stereocenters. The summed E-state index contributed by atoms with van der Waals surface area (Å²) in [7, 11) is -3.28. The molecule has 0 saturated carbocycles. The summed E-state index contributed by atoms with van der Waals surface area (Å²) in [6.45, 7) is 5.49. The SMILES string of the molecule is Cc1c(C(N)=O)sc(NC(=O)C2CCN(S(C)(=O)=O)CC2)c1C(=O)OC(C)C. The molecule has 1 aliphatic rings. The summed E-state index contributed by atoms with van der Waals surface area (Å²) in [5.41, 5.74) is 5.86. The molecular formula is C17H25N3O6S2. The lowest BCUT2D eigenvalue weighted by molar-refractivity contribution is -0.120. The zero-order valence-corrected chi connectivity index (χ0v) is 17.9. The smallest absolute Gasteiger partial charge is 0.341 e. The molecule has 11 heteroatoms. The van der Waals surface area contributed by atoms with Gasteiger partial charge < -0.3 is 15.8 Å². The molecule has 2 amide bonds. The van der Waals surface area contributed by atoms with E-state index in [1.165, 1.54) is 4.31 Å². The molecule has 28 heavy (non-hydrogen) atoms. The zero-order valence-electron chi connectivity index (χ0n) is 16.3. The van der Waals surface area contributed by atoms with Crippen LogP contribution in [0.4, 0.5) is 5.00 Å². The predicted octanol–water partition coefficient (Wildman–Crippen LogP) is 1.33. The second kappa shape index (κ2) is 8.58. The molecule has 2 heterocycles. The van der Waals surface area contributed by atoms with Crippen LogP contribution in [0.25, 0.3) is 0 Å². The Bertz CT molecular complexity index is 883. The molecule has 1 aliphatic heterocycles. The van der Waals surface area contributed by atoms with E-state index < -0.39 is 27.8 Å². The van der Waals surface area contributed by atoms with Gasteiger partial charge in [0.15, 0.2) is 0 Å². The number of carbonyl (C=O) groups is 3. The third-order valence-electron chi connectivity index (χ3n) is 4.45. The molecule has 2 rings (SSSR count). The summed E-state index contributed by atoms with van der Waals surface area (Å²) in [5, 5.41) is 2.92. The summed E-state index contributed by atoms with van der Waals surface area (Å²) in [6.07, 6.45) is 1.52. The van der Waals surface area contributed by atoms with Crippen molar-refractivity contribution in [2.45, 2.75) is 39.7 Å². The first-order chi connectivity index (χ1) is 12.9. The van der Waals surface area contributed by atoms with Crippen LogP contribution < -0.4 is 11.1 Å². The number of ether oxygens (including phenoxy) is 1. The van der Waals surface area contributed by atoms with Crippen LogP contribution in [0.3, 0.4) is 0 Å². The molecule has 1 aromatic rings. The lowest BCUT2D eigenvalue weighted by Gasteiger charge is -2.29. The van der Waals surface area contributed by atoms with Gasteiger partial charge in [-0.05, 0) is 39.2 Å². The van der Waals surface area contributed by atoms with Gasteiger partial charge in [0.2, 0.25) is 15.9 Å². The Balaban J connectivity index is 2.21. The van der Waals surface area contributed by atoms with Crippen LogP contribution in [0.15, 0.2) is 0 Å². The summed E-state index contributed by atoms with van der Waals surface area (Å²) in [5.74, 6) is -2.06. The van der Waals surface area contributed by atoms with Gasteiger partial charge in [-0.2, -0.15) is 0 Å². The third kappa shape index (κ3) is 5.09. The Morgan fingerprint density at radius 1 is 1.25 bits per heavy atom. The molecule has 156 valence electrons. The Morgan fingerprint density at radius 2 is 1.82 bits per heavy atom. The maximum absolute atomic E-state index is 12.7. The maximum Gasteiger partial charge on any atom is 0.341 e. The van der Waals surface area contributed by atoms with Crippen molar-refractivity contribution in [2.75, 3.05) is 24.7 Å². The summed E-state index contributed by atoms with van der Waals surface area (Å²) < 4.78 is 29.8. The van der Waals surface area contributed by atoms with Gasteiger partial charge in [0, 0.05) is 19.0 Å². The van der Waals surface area contributed by atoms with E-state index in [9.17, 15) is 22.8 Å². The summed E-state index contributed by atoms with van der Waals surface area (Å²) >= 11 is 0.933. The molecule has 3 N–H and O–H groups in total. The van der Waals surface area contributed by atoms with Crippen molar-refractivity contribution in [2.24, 2.45) is 11.7 Å². The van der Waals surface area contributed by atoms with Gasteiger partial charge in [-0.3, -0.25) is 9.59 Å². The minimum Gasteiger partial charge on any atom is -0.459 e. The van der Waals surface area contributed by atoms with Crippen LogP contribution in [0, 0.1) is 12.8 Å². The van der Waals surface area contributed by atoms with Crippen molar-refractivity contribution in [3.8, 4) is 0 Å². The van der Waals surface area contributed by atoms with E-state index >= 15 is 0 Å². The zero-order chi connectivity index (χ0) is 21.2. The number of hydrogen-bond donors (Lipinski definition) is 2. The summed E-state index contributed by atoms with van der Waals surface area (Å²) in [6, 6.07) is 0. The quantitative estimate of drug-likeness (QED) is 0.652. The Labute approximate surface area is 168 Å². The minimum absolute atomic E-state index is 0.120. The molecule has 1 fully saturated rings. The highest BCUT2D eigenvalue weighted by atomic mass is 32.2. The highest BCUT2D eigenvalue weighted by Crippen LogP contribution is 2.34. The van der Waals surface area contributed by atoms with E-state index in [4.69, 9.17) is 10.5 Å². The molecule has 1 saturated heterocycles. The van der Waals surface area contributed by atoms with Crippen LogP contribution in [0.1, 0.15) is 52.3 Å². The number of primary amides is 1. The first-order valence-corrected chi connectivity index (χ1v) is 11.5. The van der Waals surface area contributed by atoms with E-state index in [0.717, 1.165) is 17.6 Å². The molecular weight excluding hydrogens is 406 g/mol. The number of nitrogens with zero attached hydrogens (tertiary/aromatic N) is 1. The average Bonchev–Trinajstić information content (AvgIpc) is 2.90. The van der Waals surface area contributed by atoms with Gasteiger partial charge in [0.05, 0.1) is 22.8 Å². The normalized spacial score (nSPS) is 16.2. The van der Waals surface area contributed by atoms with Crippen LogP contribution >= 0.6 is 11.3 Å². The number of nitrogens with two attached hydrogens (primary N) is 1. The van der Waals surface area contributed by atoms with Crippen LogP contribution in [-0.4, -0.2) is 56.0 Å². The first kappa shape index (κ1) is 22.3. The van der Waals surface area contributed by atoms with E-state index in [-0.39, 0.29) is 40.5 Å². The fraction of sp³-hybridized carbons (Fsp3) is 0.588. The van der Waals surface area contributed by atoms with Crippen molar-refractivity contribution in [1.82, 2.24) is 4.31 Å². The minimum atomic E-state index is -3.28. The first-order valence-electron chi connectivity index (χ1n) is 8.82. The van der Waals surface area contributed by atoms with E-state index in [1.807, 2.05) is 0 Å². The lowest BCUT2D eigenvalue weighted by atomic mass is 9.97. The van der Waals surface area contributed by atoms with Gasteiger partial charge in [-0.1, -0.05) is 0 Å². The summed E-state index contributed by atoms with van der Waals surface area (Å²) in [4.78, 5) is 37.0. The average molecular weight is 432 g/mol. The van der Waals surface area contributed by atoms with Crippen molar-refractivity contribution in [3.63, 3.8) is 0 Å². The molecule has 0 radical (unpaired) electrons. The van der Waals surface area contributed by atoms with E-state index in [0.29, 0.717) is 18.4 Å². The van der Waals surface area contributed by atoms with Crippen molar-refractivity contribution in [3.05, 3.63) is 16.0 Å². The van der Waals surface area contributed by atoms with Gasteiger partial charge in [-0.15, -0.1) is 11.3 Å². The van der Waals surface area contributed by atoms with E-state index in [2.05, 4.69) is 5.32 Å². The molecule has 0 atom stereocenters. The monoisotopic (exact) mass is 431 g/mol. The van der Waals surface area contributed by atoms with E-state index in [1.54, 1.807) is 20.8 Å². The number of anilines is 1. The molecule has 0 bridgehead atoms. The van der Waals surface area contributed by atoms with Gasteiger partial charge in [-0.25, -0.2) is 17.5 Å². The second-order valence-electron chi connectivity index (χ2n) is 7.00. The molecule has 0 aromatic carbocycles. The Morgan fingerprint density at radius 3 is 2.29 bits per heavy atom. The number of piperidine rings is 1. The largest absolute Gasteiger partial charge is 0.459 e. The number of esters is 1. The van der Waals surface area contributed by atoms with Crippen molar-refractivity contribution in [1.29, 1.82) is 0 Å². The van der Waals surface area contributed by atoms with Gasteiger partial charge in [0.25, 0.3) is 5.91 Å². The Kier molecular flexibility index (Phi) is 6.84. The highest BCUT2D eigenvalue weighted by Gasteiger charge is 2.31. The number of sulfonamides is 1. The number of nitrogens with one attached hydrogen (secondary N) is 1. The molecule has 0 aliphatic carbocycles. The maximum atomic E-state index is 12.7. The van der Waals surface area contributed by atoms with Crippen LogP contribution in [0.5, 0.6) is 0 Å². The lowest BCUT2D eigenvalue weighted by Crippen LogP contribution is -2.40. The van der Waals surface area contributed by atoms with Crippen molar-refractivity contribution >= 4 is 44.1 Å². The van der Waals surface area contributed by atoms with Gasteiger partial charge in [0.1, 0.15) is 5.00 Å². The van der Waals surface area contributed by atoms with Crippen molar-refractivity contribution < 1.29 is 27.5 Å². The highest BCUT2D eigenvalue weighted by molar-refractivity contribution is 7.88. The van der Waals surface area contributed by atoms with Crippen LogP contribution in [-0.2, 0) is 19.6 Å². The number of hydrogen-bond acceptors (Lipinski definition) is 7. The number of thiophene rings is 1. The second-order valence-corrected chi connectivity index (χ2v) is 10.0. The molecule has 9 nitrogen and oxygen atoms in total. The molecule has 0 spiro atoms. The molecule has 1 aromatic heterocycles. The Hall–Kier alpha value is -1.98. The van der Waals surface area contributed by atoms with Crippen LogP contribution in [0.2, 0.25) is 0 Å². The fourth-order valence-electron chi connectivity index (χ4n) is 3.02. The third-order valence-corrected chi connectivity index (χ3v) is 6.97. The topological polar surface area (TPSA) is 136 Å².